The highest BCUT2D eigenvalue weighted by molar-refractivity contribution is 6.33. The number of hydrogen-bond acceptors (Lipinski definition) is 3. The number of nitrogens with zero attached hydrogens (tertiary/aromatic N) is 3. The maximum Gasteiger partial charge on any atom is 0.261 e. The van der Waals surface area contributed by atoms with Crippen molar-refractivity contribution in [2.45, 2.75) is 13.8 Å². The van der Waals surface area contributed by atoms with Gasteiger partial charge in [-0.15, -0.1) is 0 Å². The van der Waals surface area contributed by atoms with Gasteiger partial charge in [0, 0.05) is 29.7 Å². The summed E-state index contributed by atoms with van der Waals surface area (Å²) >= 11 is 6.21. The van der Waals surface area contributed by atoms with Gasteiger partial charge in [-0.2, -0.15) is 0 Å². The van der Waals surface area contributed by atoms with Crippen LogP contribution in [0.2, 0.25) is 5.02 Å². The van der Waals surface area contributed by atoms with E-state index in [9.17, 15) is 4.79 Å². The SMILES string of the molecule is Cc1cc(Cl)c2nc(-c3cccnc3)c(C)c(=O)n2c1. The Kier molecular flexibility index (Phi) is 3.03. The molecule has 0 aliphatic rings. The van der Waals surface area contributed by atoms with E-state index in [0.717, 1.165) is 11.1 Å². The van der Waals surface area contributed by atoms with Gasteiger partial charge in [-0.25, -0.2) is 4.98 Å². The standard InChI is InChI=1S/C15H12ClN3O/c1-9-6-12(16)14-18-13(11-4-3-5-17-7-11)10(2)15(20)19(14)8-9/h3-8H,1-2H3. The van der Waals surface area contributed by atoms with Crippen LogP contribution in [0.5, 0.6) is 0 Å². The summed E-state index contributed by atoms with van der Waals surface area (Å²) in [5.41, 5.74) is 3.28. The van der Waals surface area contributed by atoms with Crippen molar-refractivity contribution in [3.8, 4) is 11.3 Å². The molecule has 3 aromatic rings. The molecule has 0 amide bonds. The van der Waals surface area contributed by atoms with Gasteiger partial charge in [0.1, 0.15) is 0 Å². The Morgan fingerprint density at radius 2 is 2.10 bits per heavy atom. The molecule has 0 atom stereocenters. The topological polar surface area (TPSA) is 47.3 Å². The predicted octanol–water partition coefficient (Wildman–Crippen LogP) is 3.03. The van der Waals surface area contributed by atoms with Crippen LogP contribution in [-0.2, 0) is 0 Å². The molecule has 100 valence electrons. The molecule has 0 aliphatic carbocycles. The molecule has 20 heavy (non-hydrogen) atoms. The maximum absolute atomic E-state index is 12.5. The molecule has 3 aromatic heterocycles. The zero-order valence-corrected chi connectivity index (χ0v) is 11.8. The molecule has 0 N–H and O–H groups in total. The largest absolute Gasteiger partial charge is 0.269 e. The molecule has 0 aromatic carbocycles. The first-order valence-electron chi connectivity index (χ1n) is 6.17. The Morgan fingerprint density at radius 3 is 2.80 bits per heavy atom. The molecule has 3 rings (SSSR count). The van der Waals surface area contributed by atoms with Crippen LogP contribution >= 0.6 is 11.6 Å². The minimum absolute atomic E-state index is 0.112. The summed E-state index contributed by atoms with van der Waals surface area (Å²) in [6.45, 7) is 3.66. The maximum atomic E-state index is 12.5. The van der Waals surface area contributed by atoms with Crippen molar-refractivity contribution < 1.29 is 0 Å². The van der Waals surface area contributed by atoms with E-state index < -0.39 is 0 Å². The molecule has 0 saturated carbocycles. The molecule has 3 heterocycles. The third-order valence-electron chi connectivity index (χ3n) is 3.18. The van der Waals surface area contributed by atoms with Gasteiger partial charge in [0.05, 0.1) is 10.7 Å². The minimum Gasteiger partial charge on any atom is -0.269 e. The lowest BCUT2D eigenvalue weighted by Crippen LogP contribution is -2.19. The van der Waals surface area contributed by atoms with Crippen molar-refractivity contribution in [2.24, 2.45) is 0 Å². The summed E-state index contributed by atoms with van der Waals surface area (Å²) < 4.78 is 1.49. The molecular formula is C15H12ClN3O. The molecule has 0 spiro atoms. The summed E-state index contributed by atoms with van der Waals surface area (Å²) in [6.07, 6.45) is 5.12. The third kappa shape index (κ3) is 1.98. The Balaban J connectivity index is 2.42. The van der Waals surface area contributed by atoms with E-state index in [1.165, 1.54) is 4.40 Å². The highest BCUT2D eigenvalue weighted by Gasteiger charge is 2.13. The van der Waals surface area contributed by atoms with Crippen LogP contribution in [0.15, 0.2) is 41.6 Å². The van der Waals surface area contributed by atoms with Gasteiger partial charge in [-0.05, 0) is 37.6 Å². The zero-order valence-electron chi connectivity index (χ0n) is 11.1. The summed E-state index contributed by atoms with van der Waals surface area (Å²) in [5.74, 6) is 0. The highest BCUT2D eigenvalue weighted by Crippen LogP contribution is 2.22. The Labute approximate surface area is 120 Å². The van der Waals surface area contributed by atoms with E-state index in [2.05, 4.69) is 9.97 Å². The molecule has 4 nitrogen and oxygen atoms in total. The van der Waals surface area contributed by atoms with Gasteiger partial charge in [-0.1, -0.05) is 11.6 Å². The molecule has 0 fully saturated rings. The molecule has 0 aliphatic heterocycles. The van der Waals surface area contributed by atoms with Crippen molar-refractivity contribution >= 4 is 17.2 Å². The lowest BCUT2D eigenvalue weighted by Gasteiger charge is -2.09. The van der Waals surface area contributed by atoms with E-state index in [-0.39, 0.29) is 5.56 Å². The number of fused-ring (bicyclic) bond motifs is 1. The summed E-state index contributed by atoms with van der Waals surface area (Å²) in [6, 6.07) is 5.49. The average Bonchev–Trinajstić information content (AvgIpc) is 2.44. The zero-order chi connectivity index (χ0) is 14.3. The second-order valence-electron chi connectivity index (χ2n) is 4.69. The average molecular weight is 286 g/mol. The lowest BCUT2D eigenvalue weighted by atomic mass is 10.1. The van der Waals surface area contributed by atoms with Crippen LogP contribution in [0, 0.1) is 13.8 Å². The molecular weight excluding hydrogens is 274 g/mol. The molecule has 0 saturated heterocycles. The van der Waals surface area contributed by atoms with Crippen molar-refractivity contribution in [2.75, 3.05) is 0 Å². The first kappa shape index (κ1) is 12.8. The monoisotopic (exact) mass is 285 g/mol. The van der Waals surface area contributed by atoms with Crippen LogP contribution in [0.25, 0.3) is 16.9 Å². The fourth-order valence-corrected chi connectivity index (χ4v) is 2.50. The third-order valence-corrected chi connectivity index (χ3v) is 3.45. The quantitative estimate of drug-likeness (QED) is 0.690. The second kappa shape index (κ2) is 4.72. The first-order valence-corrected chi connectivity index (χ1v) is 6.55. The van der Waals surface area contributed by atoms with E-state index in [0.29, 0.717) is 21.9 Å². The van der Waals surface area contributed by atoms with Gasteiger partial charge < -0.3 is 0 Å². The Hall–Kier alpha value is -2.20. The summed E-state index contributed by atoms with van der Waals surface area (Å²) in [7, 11) is 0. The number of halogens is 1. The number of rotatable bonds is 1. The van der Waals surface area contributed by atoms with Crippen LogP contribution in [-0.4, -0.2) is 14.4 Å². The first-order chi connectivity index (χ1) is 9.58. The Morgan fingerprint density at radius 1 is 1.30 bits per heavy atom. The number of hydrogen-bond donors (Lipinski definition) is 0. The van der Waals surface area contributed by atoms with Crippen molar-refractivity contribution in [1.29, 1.82) is 0 Å². The summed E-state index contributed by atoms with van der Waals surface area (Å²) in [5, 5.41) is 0.465. The normalized spacial score (nSPS) is 10.9. The van der Waals surface area contributed by atoms with Gasteiger partial charge in [-0.3, -0.25) is 14.2 Å². The smallest absolute Gasteiger partial charge is 0.261 e. The van der Waals surface area contributed by atoms with Crippen LogP contribution in [0.3, 0.4) is 0 Å². The minimum atomic E-state index is -0.112. The number of pyridine rings is 2. The summed E-state index contributed by atoms with van der Waals surface area (Å²) in [4.78, 5) is 21.1. The lowest BCUT2D eigenvalue weighted by molar-refractivity contribution is 1.01. The van der Waals surface area contributed by atoms with Crippen molar-refractivity contribution in [1.82, 2.24) is 14.4 Å². The molecule has 0 bridgehead atoms. The van der Waals surface area contributed by atoms with E-state index in [1.807, 2.05) is 19.1 Å². The van der Waals surface area contributed by atoms with Crippen molar-refractivity contribution in [3.63, 3.8) is 0 Å². The second-order valence-corrected chi connectivity index (χ2v) is 5.10. The van der Waals surface area contributed by atoms with Crippen molar-refractivity contribution in [3.05, 3.63) is 63.3 Å². The van der Waals surface area contributed by atoms with Gasteiger partial charge >= 0.3 is 0 Å². The fourth-order valence-electron chi connectivity index (χ4n) is 2.20. The van der Waals surface area contributed by atoms with Crippen LogP contribution in [0.1, 0.15) is 11.1 Å². The van der Waals surface area contributed by atoms with Gasteiger partial charge in [0.2, 0.25) is 0 Å². The van der Waals surface area contributed by atoms with E-state index in [4.69, 9.17) is 11.6 Å². The van der Waals surface area contributed by atoms with E-state index in [1.54, 1.807) is 31.6 Å². The number of aryl methyl sites for hydroxylation is 1. The van der Waals surface area contributed by atoms with Gasteiger partial charge in [0.25, 0.3) is 5.56 Å². The molecule has 5 heteroatoms. The van der Waals surface area contributed by atoms with Crippen LogP contribution in [0.4, 0.5) is 0 Å². The highest BCUT2D eigenvalue weighted by atomic mass is 35.5. The fraction of sp³-hybridized carbons (Fsp3) is 0.133. The van der Waals surface area contributed by atoms with E-state index >= 15 is 0 Å². The number of aromatic nitrogens is 3. The predicted molar refractivity (Wildman–Crippen MR) is 79.2 cm³/mol. The van der Waals surface area contributed by atoms with Gasteiger partial charge in [0.15, 0.2) is 5.65 Å². The Bertz CT molecular complexity index is 856. The van der Waals surface area contributed by atoms with Crippen LogP contribution < -0.4 is 5.56 Å². The molecule has 0 radical (unpaired) electrons. The molecule has 0 unspecified atom stereocenters.